The predicted molar refractivity (Wildman–Crippen MR) is 86.3 cm³/mol. The molecule has 0 radical (unpaired) electrons. The van der Waals surface area contributed by atoms with Crippen molar-refractivity contribution in [2.24, 2.45) is 0 Å². The number of nitrogens with zero attached hydrogens (tertiary/aromatic N) is 1. The number of halogens is 1. The van der Waals surface area contributed by atoms with Crippen LogP contribution in [0.25, 0.3) is 0 Å². The summed E-state index contributed by atoms with van der Waals surface area (Å²) < 4.78 is 25.0. The van der Waals surface area contributed by atoms with E-state index in [2.05, 4.69) is 20.0 Å². The molecule has 0 amide bonds. The second kappa shape index (κ2) is 8.85. The molecular weight excluding hydrogens is 305 g/mol. The van der Waals surface area contributed by atoms with Crippen LogP contribution in [0.1, 0.15) is 26.2 Å². The van der Waals surface area contributed by atoms with Crippen LogP contribution in [0.5, 0.6) is 5.75 Å². The Bertz CT molecular complexity index is 496. The van der Waals surface area contributed by atoms with E-state index in [-0.39, 0.29) is 12.4 Å². The van der Waals surface area contributed by atoms with Crippen LogP contribution in [0, 0.1) is 15.9 Å². The van der Waals surface area contributed by atoms with Gasteiger partial charge in [-0.05, 0) is 25.2 Å². The zero-order valence-electron chi connectivity index (χ0n) is 13.4. The Balaban J connectivity index is 2.36. The summed E-state index contributed by atoms with van der Waals surface area (Å²) in [7, 11) is -1.61. The number of hydrogen-bond donors (Lipinski definition) is 0. The lowest BCUT2D eigenvalue weighted by atomic mass is 10.3. The molecule has 0 saturated heterocycles. The van der Waals surface area contributed by atoms with Crippen LogP contribution in [-0.4, -0.2) is 26.5 Å². The standard InChI is InChI=1S/C15H24FNO4Si/c1-4-5-12-22(2,3)21-11-7-10-20-14-9-6-8-13(15(14)16)17(18)19/h6,8-9H,4-5,7,10-12H2,1-3H3. The number of nitro groups is 1. The highest BCUT2D eigenvalue weighted by molar-refractivity contribution is 6.71. The van der Waals surface area contributed by atoms with E-state index >= 15 is 0 Å². The fourth-order valence-corrected chi connectivity index (χ4v) is 4.06. The van der Waals surface area contributed by atoms with E-state index in [0.717, 1.165) is 18.5 Å². The molecule has 7 heteroatoms. The summed E-state index contributed by atoms with van der Waals surface area (Å²) in [6, 6.07) is 5.05. The molecule has 124 valence electrons. The molecule has 0 atom stereocenters. The van der Waals surface area contributed by atoms with E-state index in [1.54, 1.807) is 0 Å². The SMILES string of the molecule is CCCC[Si](C)(C)OCCCOc1cccc([N+](=O)[O-])c1F. The van der Waals surface area contributed by atoms with Gasteiger partial charge in [0.05, 0.1) is 11.5 Å². The molecule has 0 aromatic heterocycles. The predicted octanol–water partition coefficient (Wildman–Crippen LogP) is 4.52. The Morgan fingerprint density at radius 3 is 2.64 bits per heavy atom. The number of rotatable bonds is 10. The third kappa shape index (κ3) is 6.11. The van der Waals surface area contributed by atoms with Crippen molar-refractivity contribution in [1.29, 1.82) is 0 Å². The highest BCUT2D eigenvalue weighted by atomic mass is 28.4. The molecule has 0 heterocycles. The van der Waals surface area contributed by atoms with Gasteiger partial charge in [-0.15, -0.1) is 0 Å². The van der Waals surface area contributed by atoms with Gasteiger partial charge < -0.3 is 9.16 Å². The van der Waals surface area contributed by atoms with Crippen molar-refractivity contribution in [3.05, 3.63) is 34.1 Å². The van der Waals surface area contributed by atoms with Crippen LogP contribution in [-0.2, 0) is 4.43 Å². The van der Waals surface area contributed by atoms with Crippen LogP contribution < -0.4 is 4.74 Å². The first kappa shape index (κ1) is 18.6. The maximum Gasteiger partial charge on any atom is 0.308 e. The lowest BCUT2D eigenvalue weighted by molar-refractivity contribution is -0.387. The number of unbranched alkanes of at least 4 members (excludes halogenated alkanes) is 1. The maximum atomic E-state index is 13.8. The molecule has 0 aliphatic rings. The molecule has 0 N–H and O–H groups in total. The van der Waals surface area contributed by atoms with Crippen molar-refractivity contribution in [2.75, 3.05) is 13.2 Å². The van der Waals surface area contributed by atoms with Gasteiger partial charge in [0.1, 0.15) is 0 Å². The number of hydrogen-bond acceptors (Lipinski definition) is 4. The molecule has 0 aliphatic carbocycles. The average Bonchev–Trinajstić information content (AvgIpc) is 2.46. The lowest BCUT2D eigenvalue weighted by Gasteiger charge is -2.22. The minimum absolute atomic E-state index is 0.0864. The Morgan fingerprint density at radius 1 is 1.27 bits per heavy atom. The van der Waals surface area contributed by atoms with Gasteiger partial charge in [-0.25, -0.2) is 0 Å². The van der Waals surface area contributed by atoms with E-state index in [9.17, 15) is 14.5 Å². The fraction of sp³-hybridized carbons (Fsp3) is 0.600. The molecule has 0 saturated carbocycles. The third-order valence-electron chi connectivity index (χ3n) is 3.31. The van der Waals surface area contributed by atoms with Gasteiger partial charge in [0.25, 0.3) is 0 Å². The number of ether oxygens (including phenoxy) is 1. The van der Waals surface area contributed by atoms with Gasteiger partial charge in [-0.2, -0.15) is 4.39 Å². The Morgan fingerprint density at radius 2 is 2.00 bits per heavy atom. The van der Waals surface area contributed by atoms with E-state index in [4.69, 9.17) is 9.16 Å². The monoisotopic (exact) mass is 329 g/mol. The highest BCUT2D eigenvalue weighted by Crippen LogP contribution is 2.26. The second-order valence-electron chi connectivity index (χ2n) is 5.76. The van der Waals surface area contributed by atoms with Crippen LogP contribution in [0.4, 0.5) is 10.1 Å². The summed E-state index contributed by atoms with van der Waals surface area (Å²) in [5.74, 6) is -1.01. The smallest absolute Gasteiger partial charge is 0.308 e. The Hall–Kier alpha value is -1.47. The molecule has 1 aromatic carbocycles. The van der Waals surface area contributed by atoms with Crippen molar-refractivity contribution >= 4 is 14.0 Å². The average molecular weight is 329 g/mol. The van der Waals surface area contributed by atoms with Gasteiger partial charge >= 0.3 is 5.69 Å². The number of nitro benzene ring substituents is 1. The second-order valence-corrected chi connectivity index (χ2v) is 10.1. The van der Waals surface area contributed by atoms with Crippen LogP contribution in [0.15, 0.2) is 18.2 Å². The first-order chi connectivity index (χ1) is 10.4. The van der Waals surface area contributed by atoms with E-state index in [1.807, 2.05) is 0 Å². The van der Waals surface area contributed by atoms with Gasteiger partial charge in [-0.3, -0.25) is 10.1 Å². The zero-order chi connectivity index (χ0) is 16.6. The lowest BCUT2D eigenvalue weighted by Crippen LogP contribution is -2.30. The molecule has 22 heavy (non-hydrogen) atoms. The molecule has 5 nitrogen and oxygen atoms in total. The summed E-state index contributed by atoms with van der Waals surface area (Å²) in [5, 5.41) is 10.6. The van der Waals surface area contributed by atoms with E-state index < -0.39 is 24.7 Å². The molecule has 0 aliphatic heterocycles. The molecular formula is C15H24FNO4Si. The van der Waals surface area contributed by atoms with Gasteiger partial charge in [-0.1, -0.05) is 25.8 Å². The van der Waals surface area contributed by atoms with Crippen molar-refractivity contribution in [1.82, 2.24) is 0 Å². The minimum atomic E-state index is -1.61. The van der Waals surface area contributed by atoms with Crippen LogP contribution in [0.3, 0.4) is 0 Å². The van der Waals surface area contributed by atoms with Crippen molar-refractivity contribution in [3.8, 4) is 5.75 Å². The van der Waals surface area contributed by atoms with Gasteiger partial charge in [0, 0.05) is 19.1 Å². The van der Waals surface area contributed by atoms with Crippen LogP contribution in [0.2, 0.25) is 19.1 Å². The molecule has 0 spiro atoms. The summed E-state index contributed by atoms with van der Waals surface area (Å²) in [5.41, 5.74) is -0.568. The van der Waals surface area contributed by atoms with Crippen molar-refractivity contribution < 1.29 is 18.5 Å². The Labute approximate surface area is 131 Å². The zero-order valence-corrected chi connectivity index (χ0v) is 14.4. The highest BCUT2D eigenvalue weighted by Gasteiger charge is 2.21. The quantitative estimate of drug-likeness (QED) is 0.274. The van der Waals surface area contributed by atoms with E-state index in [1.165, 1.54) is 18.6 Å². The molecule has 0 fully saturated rings. The first-order valence-electron chi connectivity index (χ1n) is 7.57. The van der Waals surface area contributed by atoms with Crippen molar-refractivity contribution in [2.45, 2.75) is 45.3 Å². The topological polar surface area (TPSA) is 61.6 Å². The summed E-state index contributed by atoms with van der Waals surface area (Å²) in [6.07, 6.45) is 2.97. The van der Waals surface area contributed by atoms with Gasteiger partial charge in [0.15, 0.2) is 14.1 Å². The minimum Gasteiger partial charge on any atom is -0.490 e. The molecule has 1 aromatic rings. The third-order valence-corrected chi connectivity index (χ3v) is 5.85. The molecule has 0 bridgehead atoms. The van der Waals surface area contributed by atoms with Gasteiger partial charge in [0.2, 0.25) is 5.82 Å². The maximum absolute atomic E-state index is 13.8. The summed E-state index contributed by atoms with van der Waals surface area (Å²) in [6.45, 7) is 7.37. The Kier molecular flexibility index (Phi) is 7.47. The van der Waals surface area contributed by atoms with Crippen LogP contribution >= 0.6 is 0 Å². The fourth-order valence-electron chi connectivity index (χ4n) is 2.02. The largest absolute Gasteiger partial charge is 0.490 e. The first-order valence-corrected chi connectivity index (χ1v) is 10.7. The number of benzene rings is 1. The normalized spacial score (nSPS) is 11.5. The van der Waals surface area contributed by atoms with E-state index in [0.29, 0.717) is 13.0 Å². The summed E-state index contributed by atoms with van der Waals surface area (Å²) >= 11 is 0. The molecule has 0 unspecified atom stereocenters. The molecule has 1 rings (SSSR count). The van der Waals surface area contributed by atoms with Crippen molar-refractivity contribution in [3.63, 3.8) is 0 Å². The summed E-state index contributed by atoms with van der Waals surface area (Å²) in [4.78, 5) is 9.88.